The molecule has 0 spiro atoms. The zero-order chi connectivity index (χ0) is 12.1. The summed E-state index contributed by atoms with van der Waals surface area (Å²) in [5.41, 5.74) is 5.81. The smallest absolute Gasteiger partial charge is 0.204 e. The summed E-state index contributed by atoms with van der Waals surface area (Å²) in [4.78, 5) is 10.5. The summed E-state index contributed by atoms with van der Waals surface area (Å²) >= 11 is 0. The van der Waals surface area contributed by atoms with E-state index in [0.29, 0.717) is 11.6 Å². The van der Waals surface area contributed by atoms with Gasteiger partial charge in [-0.3, -0.25) is 0 Å². The number of hydrogen-bond acceptors (Lipinski definition) is 5. The van der Waals surface area contributed by atoms with Gasteiger partial charge in [0.05, 0.1) is 7.11 Å². The molecule has 2 heterocycles. The quantitative estimate of drug-likeness (QED) is 0.848. The van der Waals surface area contributed by atoms with Crippen LogP contribution >= 0.6 is 0 Å². The lowest BCUT2D eigenvalue weighted by Crippen LogP contribution is -2.28. The van der Waals surface area contributed by atoms with E-state index in [2.05, 4.69) is 14.9 Å². The van der Waals surface area contributed by atoms with Crippen LogP contribution in [0.15, 0.2) is 6.33 Å². The van der Waals surface area contributed by atoms with Gasteiger partial charge >= 0.3 is 0 Å². The first kappa shape index (κ1) is 12.0. The highest BCUT2D eigenvalue weighted by atomic mass is 16.5. The van der Waals surface area contributed by atoms with Crippen molar-refractivity contribution in [1.82, 2.24) is 9.97 Å². The SMILES string of the molecule is COc1c(N)ncnc1N1CCCCCCC1. The second kappa shape index (κ2) is 5.70. The molecule has 1 aliphatic heterocycles. The Morgan fingerprint density at radius 2 is 1.76 bits per heavy atom. The van der Waals surface area contributed by atoms with Gasteiger partial charge in [0.15, 0.2) is 11.6 Å². The first-order valence-corrected chi connectivity index (χ1v) is 6.22. The molecular formula is C12H20N4O. The van der Waals surface area contributed by atoms with Crippen molar-refractivity contribution in [2.45, 2.75) is 32.1 Å². The topological polar surface area (TPSA) is 64.3 Å². The van der Waals surface area contributed by atoms with Crippen LogP contribution in [0.3, 0.4) is 0 Å². The minimum atomic E-state index is 0.416. The van der Waals surface area contributed by atoms with Crippen LogP contribution in [0.4, 0.5) is 11.6 Å². The summed E-state index contributed by atoms with van der Waals surface area (Å²) in [6.45, 7) is 2.04. The van der Waals surface area contributed by atoms with Crippen molar-refractivity contribution in [1.29, 1.82) is 0 Å². The van der Waals surface area contributed by atoms with Crippen LogP contribution in [0.1, 0.15) is 32.1 Å². The summed E-state index contributed by atoms with van der Waals surface area (Å²) in [6, 6.07) is 0. The van der Waals surface area contributed by atoms with Crippen LogP contribution in [0.25, 0.3) is 0 Å². The Kier molecular flexibility index (Phi) is 4.01. The molecule has 1 saturated heterocycles. The third-order valence-corrected chi connectivity index (χ3v) is 3.17. The molecule has 1 fully saturated rings. The summed E-state index contributed by atoms with van der Waals surface area (Å²) in [6.07, 6.45) is 7.84. The maximum absolute atomic E-state index is 5.81. The van der Waals surface area contributed by atoms with Crippen molar-refractivity contribution in [2.75, 3.05) is 30.8 Å². The molecule has 0 amide bonds. The minimum absolute atomic E-state index is 0.416. The van der Waals surface area contributed by atoms with Crippen LogP contribution in [0, 0.1) is 0 Å². The van der Waals surface area contributed by atoms with Gasteiger partial charge in [0, 0.05) is 13.1 Å². The first-order valence-electron chi connectivity index (χ1n) is 6.22. The van der Waals surface area contributed by atoms with E-state index in [4.69, 9.17) is 10.5 Å². The number of nitrogens with two attached hydrogens (primary N) is 1. The molecule has 0 unspecified atom stereocenters. The van der Waals surface area contributed by atoms with Crippen molar-refractivity contribution in [2.24, 2.45) is 0 Å². The van der Waals surface area contributed by atoms with Crippen LogP contribution in [0.2, 0.25) is 0 Å². The number of nitrogen functional groups attached to an aromatic ring is 1. The van der Waals surface area contributed by atoms with Gasteiger partial charge in [-0.05, 0) is 12.8 Å². The van der Waals surface area contributed by atoms with Crippen LogP contribution in [-0.2, 0) is 0 Å². The molecule has 0 atom stereocenters. The molecule has 2 N–H and O–H groups in total. The third-order valence-electron chi connectivity index (χ3n) is 3.17. The molecule has 5 nitrogen and oxygen atoms in total. The molecule has 0 aliphatic carbocycles. The average molecular weight is 236 g/mol. The van der Waals surface area contributed by atoms with Gasteiger partial charge in [0.1, 0.15) is 6.33 Å². The molecule has 94 valence electrons. The van der Waals surface area contributed by atoms with Crippen molar-refractivity contribution < 1.29 is 4.74 Å². The second-order valence-electron chi connectivity index (χ2n) is 4.37. The van der Waals surface area contributed by atoms with Gasteiger partial charge in [-0.1, -0.05) is 19.3 Å². The molecule has 5 heteroatoms. The molecule has 1 aromatic heterocycles. The lowest BCUT2D eigenvalue weighted by atomic mass is 10.1. The fourth-order valence-electron chi connectivity index (χ4n) is 2.26. The van der Waals surface area contributed by atoms with E-state index in [1.54, 1.807) is 7.11 Å². The lowest BCUT2D eigenvalue weighted by molar-refractivity contribution is 0.411. The maximum Gasteiger partial charge on any atom is 0.204 e. The Hall–Kier alpha value is -1.52. The van der Waals surface area contributed by atoms with Crippen LogP contribution in [0.5, 0.6) is 5.75 Å². The monoisotopic (exact) mass is 236 g/mol. The van der Waals surface area contributed by atoms with Gasteiger partial charge in [0.25, 0.3) is 0 Å². The molecule has 1 aliphatic rings. The van der Waals surface area contributed by atoms with Crippen LogP contribution in [-0.4, -0.2) is 30.2 Å². The molecule has 17 heavy (non-hydrogen) atoms. The van der Waals surface area contributed by atoms with E-state index in [9.17, 15) is 0 Å². The zero-order valence-electron chi connectivity index (χ0n) is 10.4. The first-order chi connectivity index (χ1) is 8.33. The van der Waals surface area contributed by atoms with Crippen molar-refractivity contribution in [3.63, 3.8) is 0 Å². The van der Waals surface area contributed by atoms with E-state index < -0.39 is 0 Å². The zero-order valence-corrected chi connectivity index (χ0v) is 10.4. The van der Waals surface area contributed by atoms with Crippen molar-refractivity contribution in [3.8, 4) is 5.75 Å². The van der Waals surface area contributed by atoms with E-state index in [1.807, 2.05) is 0 Å². The highest BCUT2D eigenvalue weighted by molar-refractivity contribution is 5.62. The van der Waals surface area contributed by atoms with E-state index >= 15 is 0 Å². The summed E-state index contributed by atoms with van der Waals surface area (Å²) < 4.78 is 5.31. The van der Waals surface area contributed by atoms with E-state index in [1.165, 1.54) is 38.4 Å². The highest BCUT2D eigenvalue weighted by Crippen LogP contribution is 2.30. The Morgan fingerprint density at radius 3 is 2.41 bits per heavy atom. The van der Waals surface area contributed by atoms with Gasteiger partial charge in [-0.15, -0.1) is 0 Å². The third kappa shape index (κ3) is 2.78. The average Bonchev–Trinajstić information content (AvgIpc) is 2.28. The Balaban J connectivity index is 2.21. The normalized spacial score (nSPS) is 17.4. The molecule has 0 radical (unpaired) electrons. The number of hydrogen-bond donors (Lipinski definition) is 1. The van der Waals surface area contributed by atoms with E-state index in [-0.39, 0.29) is 0 Å². The van der Waals surface area contributed by atoms with E-state index in [0.717, 1.165) is 18.9 Å². The number of rotatable bonds is 2. The van der Waals surface area contributed by atoms with Gasteiger partial charge in [-0.25, -0.2) is 9.97 Å². The van der Waals surface area contributed by atoms with Crippen molar-refractivity contribution >= 4 is 11.6 Å². The lowest BCUT2D eigenvalue weighted by Gasteiger charge is -2.27. The summed E-state index contributed by atoms with van der Waals surface area (Å²) in [7, 11) is 1.61. The summed E-state index contributed by atoms with van der Waals surface area (Å²) in [5.74, 6) is 1.86. The molecular weight excluding hydrogens is 216 g/mol. The predicted molar refractivity (Wildman–Crippen MR) is 68.3 cm³/mol. The minimum Gasteiger partial charge on any atom is -0.490 e. The Morgan fingerprint density at radius 1 is 1.12 bits per heavy atom. The van der Waals surface area contributed by atoms with Crippen LogP contribution < -0.4 is 15.4 Å². The molecule has 1 aromatic rings. The van der Waals surface area contributed by atoms with Gasteiger partial charge in [0.2, 0.25) is 5.75 Å². The number of nitrogens with zero attached hydrogens (tertiary/aromatic N) is 3. The highest BCUT2D eigenvalue weighted by Gasteiger charge is 2.17. The standard InChI is InChI=1S/C12H20N4O/c1-17-10-11(13)14-9-15-12(10)16-7-5-3-2-4-6-8-16/h9H,2-8H2,1H3,(H2,13,14,15). The number of methoxy groups -OCH3 is 1. The number of anilines is 2. The van der Waals surface area contributed by atoms with Crippen molar-refractivity contribution in [3.05, 3.63) is 6.33 Å². The number of aromatic nitrogens is 2. The Bertz CT molecular complexity index is 362. The van der Waals surface area contributed by atoms with Gasteiger partial charge < -0.3 is 15.4 Å². The van der Waals surface area contributed by atoms with Gasteiger partial charge in [-0.2, -0.15) is 0 Å². The largest absolute Gasteiger partial charge is 0.490 e. The molecule has 0 bridgehead atoms. The maximum atomic E-state index is 5.81. The molecule has 2 rings (SSSR count). The number of ether oxygens (including phenoxy) is 1. The fourth-order valence-corrected chi connectivity index (χ4v) is 2.26. The fraction of sp³-hybridized carbons (Fsp3) is 0.667. The molecule has 0 saturated carbocycles. The second-order valence-corrected chi connectivity index (χ2v) is 4.37. The molecule has 0 aromatic carbocycles. The summed E-state index contributed by atoms with van der Waals surface area (Å²) in [5, 5.41) is 0. The Labute approximate surface area is 102 Å². The predicted octanol–water partition coefficient (Wildman–Crippen LogP) is 1.84.